The molecule has 2 heterocycles. The maximum atomic E-state index is 12.2. The number of fused-ring (bicyclic) bond motifs is 1. The Bertz CT molecular complexity index is 626. The number of amides is 2. The van der Waals surface area contributed by atoms with Gasteiger partial charge in [0.05, 0.1) is 23.7 Å². The largest absolute Gasteiger partial charge is 0.445 e. The first-order valence-corrected chi connectivity index (χ1v) is 8.78. The number of rotatable bonds is 5. The van der Waals surface area contributed by atoms with E-state index in [1.807, 2.05) is 56.0 Å². The van der Waals surface area contributed by atoms with E-state index in [4.69, 9.17) is 9.47 Å². The summed E-state index contributed by atoms with van der Waals surface area (Å²) in [5, 5.41) is 2.72. The Morgan fingerprint density at radius 2 is 2.00 bits per heavy atom. The third-order valence-electron chi connectivity index (χ3n) is 4.59. The molecule has 25 heavy (non-hydrogen) atoms. The van der Waals surface area contributed by atoms with E-state index < -0.39 is 6.09 Å². The van der Waals surface area contributed by atoms with E-state index in [2.05, 4.69) is 5.32 Å². The molecule has 0 spiro atoms. The molecule has 136 valence electrons. The van der Waals surface area contributed by atoms with Crippen LogP contribution < -0.4 is 5.32 Å². The van der Waals surface area contributed by atoms with Gasteiger partial charge in [0.1, 0.15) is 6.61 Å². The van der Waals surface area contributed by atoms with Crippen LogP contribution in [0, 0.1) is 5.92 Å². The highest BCUT2D eigenvalue weighted by atomic mass is 16.5. The predicted molar refractivity (Wildman–Crippen MR) is 92.9 cm³/mol. The van der Waals surface area contributed by atoms with E-state index in [1.54, 1.807) is 0 Å². The highest BCUT2D eigenvalue weighted by Gasteiger charge is 2.55. The SMILES string of the molecule is CC(C)(C)O[C@H]1CCN2C(=O)[C@H](CNC(=O)OCc3ccccc3)[C@H]12. The van der Waals surface area contributed by atoms with E-state index in [0.717, 1.165) is 18.5 Å². The molecule has 0 bridgehead atoms. The summed E-state index contributed by atoms with van der Waals surface area (Å²) in [6.07, 6.45) is 0.383. The number of benzene rings is 1. The van der Waals surface area contributed by atoms with Crippen LogP contribution in [-0.4, -0.2) is 47.7 Å². The molecule has 2 amide bonds. The lowest BCUT2D eigenvalue weighted by Gasteiger charge is -2.45. The zero-order valence-corrected chi connectivity index (χ0v) is 15.0. The minimum Gasteiger partial charge on any atom is -0.445 e. The zero-order chi connectivity index (χ0) is 18.0. The van der Waals surface area contributed by atoms with Crippen molar-refractivity contribution in [1.29, 1.82) is 0 Å². The van der Waals surface area contributed by atoms with Gasteiger partial charge in [-0.25, -0.2) is 4.79 Å². The topological polar surface area (TPSA) is 67.9 Å². The maximum absolute atomic E-state index is 12.2. The molecule has 2 fully saturated rings. The Morgan fingerprint density at radius 1 is 1.28 bits per heavy atom. The lowest BCUT2D eigenvalue weighted by atomic mass is 9.86. The van der Waals surface area contributed by atoms with Gasteiger partial charge in [0.2, 0.25) is 5.91 Å². The maximum Gasteiger partial charge on any atom is 0.407 e. The molecule has 0 saturated carbocycles. The van der Waals surface area contributed by atoms with E-state index in [1.165, 1.54) is 0 Å². The number of carbonyl (C=O) groups is 2. The normalized spacial score (nSPS) is 25.3. The number of hydrogen-bond acceptors (Lipinski definition) is 4. The molecular weight excluding hydrogens is 320 g/mol. The second-order valence-corrected chi connectivity index (χ2v) is 7.63. The molecule has 0 aliphatic carbocycles. The van der Waals surface area contributed by atoms with Crippen LogP contribution in [-0.2, 0) is 20.9 Å². The minimum atomic E-state index is -0.499. The van der Waals surface area contributed by atoms with Crippen molar-refractivity contribution in [1.82, 2.24) is 10.2 Å². The summed E-state index contributed by atoms with van der Waals surface area (Å²) in [7, 11) is 0. The molecule has 2 saturated heterocycles. The summed E-state index contributed by atoms with van der Waals surface area (Å²) in [4.78, 5) is 26.0. The van der Waals surface area contributed by atoms with Crippen molar-refractivity contribution in [2.75, 3.05) is 13.1 Å². The Kier molecular flexibility index (Phi) is 4.99. The van der Waals surface area contributed by atoms with Gasteiger partial charge in [-0.3, -0.25) is 4.79 Å². The van der Waals surface area contributed by atoms with E-state index in [-0.39, 0.29) is 42.7 Å². The van der Waals surface area contributed by atoms with Gasteiger partial charge in [0.15, 0.2) is 0 Å². The van der Waals surface area contributed by atoms with Gasteiger partial charge in [0.25, 0.3) is 0 Å². The number of carbonyl (C=O) groups excluding carboxylic acids is 2. The van der Waals surface area contributed by atoms with Crippen LogP contribution in [0.25, 0.3) is 0 Å². The molecule has 6 nitrogen and oxygen atoms in total. The number of hydrogen-bond donors (Lipinski definition) is 1. The first-order valence-electron chi connectivity index (χ1n) is 8.78. The second-order valence-electron chi connectivity index (χ2n) is 7.63. The van der Waals surface area contributed by atoms with Gasteiger partial charge < -0.3 is 19.7 Å². The number of ether oxygens (including phenoxy) is 2. The lowest BCUT2D eigenvalue weighted by molar-refractivity contribution is -0.163. The minimum absolute atomic E-state index is 0.0323. The summed E-state index contributed by atoms with van der Waals surface area (Å²) in [5.41, 5.74) is 0.685. The number of nitrogens with zero attached hydrogens (tertiary/aromatic N) is 1. The molecule has 0 unspecified atom stereocenters. The molecule has 6 heteroatoms. The highest BCUT2D eigenvalue weighted by molar-refractivity contribution is 5.87. The Morgan fingerprint density at radius 3 is 2.68 bits per heavy atom. The zero-order valence-electron chi connectivity index (χ0n) is 15.0. The fraction of sp³-hybridized carbons (Fsp3) is 0.579. The van der Waals surface area contributed by atoms with Crippen molar-refractivity contribution < 1.29 is 19.1 Å². The molecule has 0 radical (unpaired) electrons. The van der Waals surface area contributed by atoms with Crippen molar-refractivity contribution >= 4 is 12.0 Å². The molecular formula is C19H26N2O4. The van der Waals surface area contributed by atoms with Gasteiger partial charge in [-0.05, 0) is 32.8 Å². The molecule has 1 aromatic rings. The van der Waals surface area contributed by atoms with Crippen LogP contribution in [0.1, 0.15) is 32.8 Å². The van der Waals surface area contributed by atoms with Gasteiger partial charge in [-0.15, -0.1) is 0 Å². The van der Waals surface area contributed by atoms with Crippen LogP contribution in [0.3, 0.4) is 0 Å². The fourth-order valence-electron chi connectivity index (χ4n) is 3.56. The van der Waals surface area contributed by atoms with Gasteiger partial charge in [-0.1, -0.05) is 30.3 Å². The first kappa shape index (κ1) is 17.7. The quantitative estimate of drug-likeness (QED) is 0.831. The fourth-order valence-corrected chi connectivity index (χ4v) is 3.56. The van der Waals surface area contributed by atoms with Crippen LogP contribution in [0.4, 0.5) is 4.79 Å². The van der Waals surface area contributed by atoms with Gasteiger partial charge in [0, 0.05) is 13.1 Å². The van der Waals surface area contributed by atoms with Crippen LogP contribution in [0.5, 0.6) is 0 Å². The molecule has 1 aromatic carbocycles. The smallest absolute Gasteiger partial charge is 0.407 e. The molecule has 3 atom stereocenters. The second kappa shape index (κ2) is 7.04. The van der Waals surface area contributed by atoms with Crippen molar-refractivity contribution in [2.45, 2.75) is 51.5 Å². The number of nitrogens with one attached hydrogen (secondary N) is 1. The summed E-state index contributed by atoms with van der Waals surface area (Å²) >= 11 is 0. The molecule has 1 N–H and O–H groups in total. The first-order chi connectivity index (χ1) is 11.8. The molecule has 0 aromatic heterocycles. The van der Waals surface area contributed by atoms with Crippen LogP contribution in [0.2, 0.25) is 0 Å². The average Bonchev–Trinajstić information content (AvgIpc) is 2.91. The Labute approximate surface area is 148 Å². The summed E-state index contributed by atoms with van der Waals surface area (Å²) in [6, 6.07) is 9.55. The summed E-state index contributed by atoms with van der Waals surface area (Å²) in [5.74, 6) is -0.132. The van der Waals surface area contributed by atoms with E-state index >= 15 is 0 Å². The third-order valence-corrected chi connectivity index (χ3v) is 4.59. The van der Waals surface area contributed by atoms with Crippen molar-refractivity contribution in [2.24, 2.45) is 5.92 Å². The molecule has 2 aliphatic rings. The number of β-lactam (4-membered cyclic amide) rings is 1. The van der Waals surface area contributed by atoms with E-state index in [9.17, 15) is 9.59 Å². The Balaban J connectivity index is 1.47. The monoisotopic (exact) mass is 346 g/mol. The van der Waals surface area contributed by atoms with Crippen molar-refractivity contribution in [3.63, 3.8) is 0 Å². The van der Waals surface area contributed by atoms with Crippen molar-refractivity contribution in [3.8, 4) is 0 Å². The number of alkyl carbamates (subject to hydrolysis) is 1. The highest BCUT2D eigenvalue weighted by Crippen LogP contribution is 2.38. The van der Waals surface area contributed by atoms with Gasteiger partial charge in [-0.2, -0.15) is 0 Å². The average molecular weight is 346 g/mol. The van der Waals surface area contributed by atoms with Crippen molar-refractivity contribution in [3.05, 3.63) is 35.9 Å². The predicted octanol–water partition coefficient (Wildman–Crippen LogP) is 2.33. The molecule has 3 rings (SSSR count). The lowest BCUT2D eigenvalue weighted by Crippen LogP contribution is -2.64. The van der Waals surface area contributed by atoms with E-state index in [0.29, 0.717) is 0 Å². The summed E-state index contributed by atoms with van der Waals surface area (Å²) < 4.78 is 11.3. The third kappa shape index (κ3) is 4.12. The van der Waals surface area contributed by atoms with Crippen LogP contribution >= 0.6 is 0 Å². The van der Waals surface area contributed by atoms with Gasteiger partial charge >= 0.3 is 6.09 Å². The van der Waals surface area contributed by atoms with Crippen LogP contribution in [0.15, 0.2) is 30.3 Å². The Hall–Kier alpha value is -2.08. The summed E-state index contributed by atoms with van der Waals surface area (Å²) in [6.45, 7) is 7.30. The standard InChI is InChI=1S/C19H26N2O4/c1-19(2,3)25-15-9-10-21-16(15)14(17(21)22)11-20-18(23)24-12-13-7-5-4-6-8-13/h4-8,14-16H,9-12H2,1-3H3,(H,20,23)/t14-,15+,16-/m1/s1. The molecule has 2 aliphatic heterocycles.